The standard InChI is InChI=1S/C26H24F7N3O4/c1-14(27)13-40-16-3-4-17(20(11-16)26(31,32)33)24(39)36-9-7-25(29,30)19(12-23(38)35-8-6-22(34)37)18-10-15(28)2-5-21(18)36/h2-5,10-12,14H,6-9,13H2,1H3,(H2,34,37)(H,35,38)/t14-/m1/s1. The first kappa shape index (κ1) is 30.4. The molecule has 0 radical (unpaired) electrons. The minimum atomic E-state index is -5.08. The van der Waals surface area contributed by atoms with E-state index in [2.05, 4.69) is 5.32 Å². The number of allylic oxidation sites excluding steroid dienone is 1. The number of halogens is 7. The van der Waals surface area contributed by atoms with E-state index in [1.807, 2.05) is 0 Å². The summed E-state index contributed by atoms with van der Waals surface area (Å²) < 4.78 is 105. The summed E-state index contributed by atoms with van der Waals surface area (Å²) in [6, 6.07) is 4.68. The quantitative estimate of drug-likeness (QED) is 0.354. The van der Waals surface area contributed by atoms with E-state index in [0.717, 1.165) is 31.2 Å². The minimum absolute atomic E-state index is 0.270. The lowest BCUT2D eigenvalue weighted by atomic mass is 9.96. The maximum atomic E-state index is 15.3. The average Bonchev–Trinajstić information content (AvgIpc) is 2.95. The van der Waals surface area contributed by atoms with Crippen LogP contribution in [0.2, 0.25) is 0 Å². The summed E-state index contributed by atoms with van der Waals surface area (Å²) in [5.41, 5.74) is 0.676. The molecule has 0 bridgehead atoms. The molecule has 2 aromatic carbocycles. The molecule has 3 amide bonds. The second kappa shape index (κ2) is 12.0. The van der Waals surface area contributed by atoms with Gasteiger partial charge in [-0.1, -0.05) is 0 Å². The Hall–Kier alpha value is -4.10. The van der Waals surface area contributed by atoms with Gasteiger partial charge < -0.3 is 20.7 Å². The summed E-state index contributed by atoms with van der Waals surface area (Å²) >= 11 is 0. The van der Waals surface area contributed by atoms with Gasteiger partial charge in [0.25, 0.3) is 11.8 Å². The molecule has 1 atom stereocenters. The summed E-state index contributed by atoms with van der Waals surface area (Å²) in [5, 5.41) is 2.19. The molecule has 0 saturated heterocycles. The molecule has 7 nitrogen and oxygen atoms in total. The maximum Gasteiger partial charge on any atom is 0.417 e. The van der Waals surface area contributed by atoms with Crippen LogP contribution in [0.25, 0.3) is 5.57 Å². The highest BCUT2D eigenvalue weighted by Gasteiger charge is 2.43. The third kappa shape index (κ3) is 7.30. The highest BCUT2D eigenvalue weighted by molar-refractivity contribution is 6.10. The van der Waals surface area contributed by atoms with Crippen LogP contribution in [0.4, 0.5) is 36.4 Å². The summed E-state index contributed by atoms with van der Waals surface area (Å²) in [6.07, 6.45) is -7.49. The predicted octanol–water partition coefficient (Wildman–Crippen LogP) is 4.64. The van der Waals surface area contributed by atoms with E-state index in [0.29, 0.717) is 23.1 Å². The number of fused-ring (bicyclic) bond motifs is 1. The molecule has 2 aromatic rings. The molecular weight excluding hydrogens is 551 g/mol. The van der Waals surface area contributed by atoms with Gasteiger partial charge in [0.2, 0.25) is 11.8 Å². The van der Waals surface area contributed by atoms with E-state index in [1.165, 1.54) is 0 Å². The molecule has 0 aromatic heterocycles. The van der Waals surface area contributed by atoms with Gasteiger partial charge in [0.1, 0.15) is 24.3 Å². The minimum Gasteiger partial charge on any atom is -0.491 e. The van der Waals surface area contributed by atoms with E-state index in [4.69, 9.17) is 10.5 Å². The molecule has 0 unspecified atom stereocenters. The van der Waals surface area contributed by atoms with Crippen LogP contribution >= 0.6 is 0 Å². The number of amides is 3. The summed E-state index contributed by atoms with van der Waals surface area (Å²) in [6.45, 7) is -0.477. The third-order valence-electron chi connectivity index (χ3n) is 5.78. The maximum absolute atomic E-state index is 15.3. The lowest BCUT2D eigenvalue weighted by molar-refractivity contribution is -0.138. The van der Waals surface area contributed by atoms with Crippen LogP contribution in [-0.2, 0) is 15.8 Å². The first-order chi connectivity index (χ1) is 18.6. The molecule has 0 spiro atoms. The number of carbonyl (C=O) groups is 3. The van der Waals surface area contributed by atoms with Crippen molar-refractivity contribution in [2.24, 2.45) is 5.73 Å². The van der Waals surface area contributed by atoms with Crippen molar-refractivity contribution in [3.05, 3.63) is 65.0 Å². The van der Waals surface area contributed by atoms with Crippen molar-refractivity contribution in [1.82, 2.24) is 5.32 Å². The van der Waals surface area contributed by atoms with Gasteiger partial charge in [0.05, 0.1) is 16.8 Å². The van der Waals surface area contributed by atoms with Crippen molar-refractivity contribution < 1.29 is 49.9 Å². The van der Waals surface area contributed by atoms with Crippen LogP contribution in [0.15, 0.2) is 42.5 Å². The van der Waals surface area contributed by atoms with Crippen molar-refractivity contribution in [3.8, 4) is 5.75 Å². The van der Waals surface area contributed by atoms with Crippen molar-refractivity contribution in [3.63, 3.8) is 0 Å². The number of hydrogen-bond donors (Lipinski definition) is 2. The van der Waals surface area contributed by atoms with Crippen LogP contribution in [-0.4, -0.2) is 49.5 Å². The monoisotopic (exact) mass is 575 g/mol. The number of nitrogens with zero attached hydrogens (tertiary/aromatic N) is 1. The third-order valence-corrected chi connectivity index (χ3v) is 5.78. The molecule has 0 aliphatic carbocycles. The van der Waals surface area contributed by atoms with Gasteiger partial charge in [-0.15, -0.1) is 0 Å². The molecule has 216 valence electrons. The van der Waals surface area contributed by atoms with E-state index < -0.39 is 83.6 Å². The number of ether oxygens (including phenoxy) is 1. The average molecular weight is 575 g/mol. The fourth-order valence-electron chi connectivity index (χ4n) is 3.94. The normalized spacial score (nSPS) is 16.6. The zero-order valence-electron chi connectivity index (χ0n) is 21.0. The smallest absolute Gasteiger partial charge is 0.417 e. The molecule has 3 rings (SSSR count). The number of nitrogens with one attached hydrogen (secondary N) is 1. The summed E-state index contributed by atoms with van der Waals surface area (Å²) in [5.74, 6) is -8.35. The number of hydrogen-bond acceptors (Lipinski definition) is 4. The molecule has 0 saturated carbocycles. The van der Waals surface area contributed by atoms with Gasteiger partial charge >= 0.3 is 6.18 Å². The molecule has 3 N–H and O–H groups in total. The number of anilines is 1. The number of carbonyl (C=O) groups excluding carboxylic acids is 3. The second-order valence-electron chi connectivity index (χ2n) is 8.93. The number of nitrogens with two attached hydrogens (primary N) is 1. The number of primary amides is 1. The fourth-order valence-corrected chi connectivity index (χ4v) is 3.94. The largest absolute Gasteiger partial charge is 0.491 e. The fraction of sp³-hybridized carbons (Fsp3) is 0.346. The van der Waals surface area contributed by atoms with E-state index in [1.54, 1.807) is 0 Å². The van der Waals surface area contributed by atoms with Gasteiger partial charge in [-0.05, 0) is 43.3 Å². The molecule has 1 aliphatic heterocycles. The highest BCUT2D eigenvalue weighted by atomic mass is 19.4. The van der Waals surface area contributed by atoms with Crippen molar-refractivity contribution in [1.29, 1.82) is 0 Å². The SMILES string of the molecule is C[C@@H](F)COc1ccc(C(=O)N2CCC(F)(F)C(=CC(=O)NCCC(N)=O)c3cc(F)ccc32)c(C(F)(F)F)c1. The van der Waals surface area contributed by atoms with Crippen LogP contribution in [0, 0.1) is 5.82 Å². The van der Waals surface area contributed by atoms with Crippen LogP contribution in [0.1, 0.15) is 41.3 Å². The Labute approximate surface area is 223 Å². The van der Waals surface area contributed by atoms with Gasteiger partial charge in [0, 0.05) is 43.1 Å². The molecule has 1 heterocycles. The predicted molar refractivity (Wildman–Crippen MR) is 130 cm³/mol. The lowest BCUT2D eigenvalue weighted by Crippen LogP contribution is -2.34. The van der Waals surface area contributed by atoms with Gasteiger partial charge in [-0.3, -0.25) is 14.4 Å². The van der Waals surface area contributed by atoms with Crippen LogP contribution in [0.3, 0.4) is 0 Å². The lowest BCUT2D eigenvalue weighted by Gasteiger charge is -2.25. The molecule has 40 heavy (non-hydrogen) atoms. The summed E-state index contributed by atoms with van der Waals surface area (Å²) in [7, 11) is 0. The van der Waals surface area contributed by atoms with E-state index in [-0.39, 0.29) is 24.4 Å². The van der Waals surface area contributed by atoms with Gasteiger partial charge in [-0.25, -0.2) is 17.6 Å². The highest BCUT2D eigenvalue weighted by Crippen LogP contribution is 2.44. The van der Waals surface area contributed by atoms with Crippen molar-refractivity contribution >= 4 is 29.0 Å². The van der Waals surface area contributed by atoms with Crippen molar-refractivity contribution in [2.45, 2.75) is 38.0 Å². The number of benzene rings is 2. The Morgan fingerprint density at radius 1 is 1.18 bits per heavy atom. The zero-order valence-corrected chi connectivity index (χ0v) is 21.0. The Morgan fingerprint density at radius 2 is 1.88 bits per heavy atom. The van der Waals surface area contributed by atoms with Crippen molar-refractivity contribution in [2.75, 3.05) is 24.6 Å². The summed E-state index contributed by atoms with van der Waals surface area (Å²) in [4.78, 5) is 37.2. The Balaban J connectivity index is 2.08. The number of alkyl halides is 6. The Kier molecular flexibility index (Phi) is 9.10. The molecule has 14 heteroatoms. The second-order valence-corrected chi connectivity index (χ2v) is 8.93. The van der Waals surface area contributed by atoms with Gasteiger partial charge in [-0.2, -0.15) is 13.2 Å². The Bertz CT molecular complexity index is 1330. The van der Waals surface area contributed by atoms with Crippen LogP contribution in [0.5, 0.6) is 5.75 Å². The van der Waals surface area contributed by atoms with E-state index in [9.17, 15) is 36.3 Å². The Morgan fingerprint density at radius 3 is 2.50 bits per heavy atom. The molecule has 1 aliphatic rings. The first-order valence-corrected chi connectivity index (χ1v) is 11.9. The molecule has 0 fully saturated rings. The van der Waals surface area contributed by atoms with Crippen LogP contribution < -0.4 is 20.7 Å². The van der Waals surface area contributed by atoms with Gasteiger partial charge in [0.15, 0.2) is 0 Å². The number of rotatable bonds is 8. The first-order valence-electron chi connectivity index (χ1n) is 11.9. The molecular formula is C26H24F7N3O4. The topological polar surface area (TPSA) is 102 Å². The van der Waals surface area contributed by atoms with E-state index >= 15 is 8.78 Å². The zero-order chi connectivity index (χ0) is 29.8.